The highest BCUT2D eigenvalue weighted by Gasteiger charge is 2.06. The molecule has 0 saturated heterocycles. The summed E-state index contributed by atoms with van der Waals surface area (Å²) in [6.07, 6.45) is 3.72. The van der Waals surface area contributed by atoms with Crippen molar-refractivity contribution in [3.8, 4) is 0 Å². The van der Waals surface area contributed by atoms with E-state index in [9.17, 15) is 0 Å². The Kier molecular flexibility index (Phi) is 5.64. The van der Waals surface area contributed by atoms with Gasteiger partial charge in [-0.3, -0.25) is 0 Å². The Morgan fingerprint density at radius 2 is 2.06 bits per heavy atom. The maximum absolute atomic E-state index is 6.22. The molecule has 0 radical (unpaired) electrons. The summed E-state index contributed by atoms with van der Waals surface area (Å²) in [5.74, 6) is 0. The Morgan fingerprint density at radius 3 is 2.62 bits per heavy atom. The molecular formula is C13H21ClN2. The third-order valence-corrected chi connectivity index (χ3v) is 3.06. The van der Waals surface area contributed by atoms with E-state index >= 15 is 0 Å². The first kappa shape index (κ1) is 13.3. The monoisotopic (exact) mass is 240 g/mol. The van der Waals surface area contributed by atoms with E-state index in [1.165, 1.54) is 19.3 Å². The van der Waals surface area contributed by atoms with Crippen molar-refractivity contribution in [3.05, 3.63) is 28.8 Å². The Morgan fingerprint density at radius 1 is 1.31 bits per heavy atom. The topological polar surface area (TPSA) is 29.3 Å². The molecule has 2 nitrogen and oxygen atoms in total. The van der Waals surface area contributed by atoms with Gasteiger partial charge in [-0.05, 0) is 24.1 Å². The standard InChI is InChI=1S/C13H21ClN2/c1-3-4-5-8-16(2)13-7-6-11(10-15)9-12(13)14/h6-7,9H,3-5,8,10,15H2,1-2H3. The highest BCUT2D eigenvalue weighted by atomic mass is 35.5. The van der Waals surface area contributed by atoms with E-state index < -0.39 is 0 Å². The van der Waals surface area contributed by atoms with Gasteiger partial charge in [0.15, 0.2) is 0 Å². The number of anilines is 1. The van der Waals surface area contributed by atoms with E-state index in [4.69, 9.17) is 17.3 Å². The summed E-state index contributed by atoms with van der Waals surface area (Å²) in [7, 11) is 2.08. The first-order chi connectivity index (χ1) is 7.69. The molecule has 2 N–H and O–H groups in total. The lowest BCUT2D eigenvalue weighted by atomic mass is 10.2. The molecule has 1 rings (SSSR count). The molecule has 0 saturated carbocycles. The van der Waals surface area contributed by atoms with Crippen LogP contribution in [0.2, 0.25) is 5.02 Å². The summed E-state index contributed by atoms with van der Waals surface area (Å²) in [6, 6.07) is 6.04. The molecule has 0 bridgehead atoms. The number of unbranched alkanes of at least 4 members (excludes halogenated alkanes) is 2. The Balaban J connectivity index is 2.64. The summed E-state index contributed by atoms with van der Waals surface area (Å²) in [5.41, 5.74) is 7.74. The number of halogens is 1. The van der Waals surface area contributed by atoms with Crippen LogP contribution in [0.4, 0.5) is 5.69 Å². The molecule has 0 aliphatic carbocycles. The quantitative estimate of drug-likeness (QED) is 0.772. The SMILES string of the molecule is CCCCCN(C)c1ccc(CN)cc1Cl. The Hall–Kier alpha value is -0.730. The van der Waals surface area contributed by atoms with Gasteiger partial charge in [-0.2, -0.15) is 0 Å². The van der Waals surface area contributed by atoms with E-state index in [-0.39, 0.29) is 0 Å². The van der Waals surface area contributed by atoms with Crippen LogP contribution in [0, 0.1) is 0 Å². The second-order valence-electron chi connectivity index (χ2n) is 4.12. The molecule has 0 spiro atoms. The number of hydrogen-bond acceptors (Lipinski definition) is 2. The van der Waals surface area contributed by atoms with Crippen molar-refractivity contribution in [2.75, 3.05) is 18.5 Å². The average molecular weight is 241 g/mol. The molecule has 0 atom stereocenters. The summed E-state index contributed by atoms with van der Waals surface area (Å²) in [6.45, 7) is 3.80. The Bertz CT molecular complexity index is 326. The molecular weight excluding hydrogens is 220 g/mol. The molecule has 90 valence electrons. The van der Waals surface area contributed by atoms with Crippen LogP contribution >= 0.6 is 11.6 Å². The molecule has 0 amide bonds. The predicted octanol–water partition coefficient (Wildman–Crippen LogP) is 3.43. The molecule has 0 aliphatic heterocycles. The fourth-order valence-electron chi connectivity index (χ4n) is 1.71. The normalized spacial score (nSPS) is 10.5. The average Bonchev–Trinajstić information content (AvgIpc) is 2.29. The fourth-order valence-corrected chi connectivity index (χ4v) is 2.05. The first-order valence-electron chi connectivity index (χ1n) is 5.88. The molecule has 16 heavy (non-hydrogen) atoms. The van der Waals surface area contributed by atoms with Crippen molar-refractivity contribution in [2.24, 2.45) is 5.73 Å². The third-order valence-electron chi connectivity index (χ3n) is 2.76. The zero-order valence-electron chi connectivity index (χ0n) is 10.2. The summed E-state index contributed by atoms with van der Waals surface area (Å²) in [4.78, 5) is 2.21. The van der Waals surface area contributed by atoms with Crippen molar-refractivity contribution >= 4 is 17.3 Å². The van der Waals surface area contributed by atoms with E-state index in [0.717, 1.165) is 22.8 Å². The van der Waals surface area contributed by atoms with Crippen LogP contribution in [-0.4, -0.2) is 13.6 Å². The second-order valence-corrected chi connectivity index (χ2v) is 4.53. The van der Waals surface area contributed by atoms with Gasteiger partial charge in [0, 0.05) is 20.1 Å². The van der Waals surface area contributed by atoms with Crippen LogP contribution in [0.25, 0.3) is 0 Å². The van der Waals surface area contributed by atoms with Crippen LogP contribution < -0.4 is 10.6 Å². The zero-order chi connectivity index (χ0) is 12.0. The van der Waals surface area contributed by atoms with Gasteiger partial charge < -0.3 is 10.6 Å². The number of rotatable bonds is 6. The maximum atomic E-state index is 6.22. The lowest BCUT2D eigenvalue weighted by Crippen LogP contribution is -2.18. The highest BCUT2D eigenvalue weighted by Crippen LogP contribution is 2.26. The molecule has 0 fully saturated rings. The van der Waals surface area contributed by atoms with Gasteiger partial charge in [0.25, 0.3) is 0 Å². The summed E-state index contributed by atoms with van der Waals surface area (Å²) < 4.78 is 0. The van der Waals surface area contributed by atoms with Crippen LogP contribution in [0.3, 0.4) is 0 Å². The van der Waals surface area contributed by atoms with Crippen LogP contribution in [0.5, 0.6) is 0 Å². The van der Waals surface area contributed by atoms with Crippen LogP contribution in [-0.2, 0) is 6.54 Å². The molecule has 0 aromatic heterocycles. The van der Waals surface area contributed by atoms with Gasteiger partial charge in [0.1, 0.15) is 0 Å². The van der Waals surface area contributed by atoms with Gasteiger partial charge in [0.05, 0.1) is 10.7 Å². The lowest BCUT2D eigenvalue weighted by Gasteiger charge is -2.20. The minimum absolute atomic E-state index is 0.541. The molecule has 0 heterocycles. The maximum Gasteiger partial charge on any atom is 0.0642 e. The Labute approximate surface area is 103 Å². The van der Waals surface area contributed by atoms with Crippen molar-refractivity contribution in [1.82, 2.24) is 0 Å². The zero-order valence-corrected chi connectivity index (χ0v) is 10.9. The van der Waals surface area contributed by atoms with E-state index in [2.05, 4.69) is 24.9 Å². The summed E-state index contributed by atoms with van der Waals surface area (Å²) in [5, 5.41) is 0.793. The van der Waals surface area contributed by atoms with E-state index in [1.54, 1.807) is 0 Å². The summed E-state index contributed by atoms with van der Waals surface area (Å²) >= 11 is 6.22. The minimum atomic E-state index is 0.541. The number of benzene rings is 1. The largest absolute Gasteiger partial charge is 0.373 e. The second kappa shape index (κ2) is 6.77. The molecule has 1 aromatic rings. The van der Waals surface area contributed by atoms with E-state index in [1.807, 2.05) is 12.1 Å². The number of nitrogens with two attached hydrogens (primary N) is 1. The third kappa shape index (κ3) is 3.69. The predicted molar refractivity (Wildman–Crippen MR) is 72.1 cm³/mol. The van der Waals surface area contributed by atoms with Crippen molar-refractivity contribution in [3.63, 3.8) is 0 Å². The first-order valence-corrected chi connectivity index (χ1v) is 6.26. The van der Waals surface area contributed by atoms with E-state index in [0.29, 0.717) is 6.54 Å². The van der Waals surface area contributed by atoms with Gasteiger partial charge in [-0.1, -0.05) is 37.4 Å². The lowest BCUT2D eigenvalue weighted by molar-refractivity contribution is 0.705. The van der Waals surface area contributed by atoms with Crippen molar-refractivity contribution in [2.45, 2.75) is 32.7 Å². The highest BCUT2D eigenvalue weighted by molar-refractivity contribution is 6.33. The van der Waals surface area contributed by atoms with Crippen LogP contribution in [0.15, 0.2) is 18.2 Å². The van der Waals surface area contributed by atoms with Crippen molar-refractivity contribution in [1.29, 1.82) is 0 Å². The molecule has 0 aliphatic rings. The number of hydrogen-bond donors (Lipinski definition) is 1. The molecule has 1 aromatic carbocycles. The fraction of sp³-hybridized carbons (Fsp3) is 0.538. The van der Waals surface area contributed by atoms with Gasteiger partial charge in [-0.25, -0.2) is 0 Å². The van der Waals surface area contributed by atoms with Gasteiger partial charge in [-0.15, -0.1) is 0 Å². The number of nitrogens with zero attached hydrogens (tertiary/aromatic N) is 1. The van der Waals surface area contributed by atoms with Gasteiger partial charge in [0.2, 0.25) is 0 Å². The van der Waals surface area contributed by atoms with Crippen molar-refractivity contribution < 1.29 is 0 Å². The minimum Gasteiger partial charge on any atom is -0.373 e. The van der Waals surface area contributed by atoms with Crippen LogP contribution in [0.1, 0.15) is 31.7 Å². The molecule has 3 heteroatoms. The smallest absolute Gasteiger partial charge is 0.0642 e. The van der Waals surface area contributed by atoms with Gasteiger partial charge >= 0.3 is 0 Å². The molecule has 0 unspecified atom stereocenters.